The Morgan fingerprint density at radius 2 is 1.71 bits per heavy atom. The fraction of sp³-hybridized carbons (Fsp3) is 0.0476. The van der Waals surface area contributed by atoms with Crippen molar-refractivity contribution in [2.75, 3.05) is 0 Å². The van der Waals surface area contributed by atoms with E-state index in [-0.39, 0.29) is 11.3 Å². The molecule has 0 unspecified atom stereocenters. The van der Waals surface area contributed by atoms with Crippen molar-refractivity contribution in [1.29, 1.82) is 0 Å². The molecule has 0 saturated carbocycles. The summed E-state index contributed by atoms with van der Waals surface area (Å²) in [6.45, 7) is 0.456. The second-order valence-corrected chi connectivity index (χ2v) is 9.47. The highest BCUT2D eigenvalue weighted by Gasteiger charge is 2.10. The molecule has 0 atom stereocenters. The average Bonchev–Trinajstić information content (AvgIpc) is 2.74. The molecule has 0 saturated heterocycles. The van der Waals surface area contributed by atoms with Crippen LogP contribution in [0.4, 0.5) is 5.69 Å². The summed E-state index contributed by atoms with van der Waals surface area (Å²) in [5.41, 5.74) is 4.49. The van der Waals surface area contributed by atoms with Gasteiger partial charge in [0.05, 0.1) is 18.3 Å². The van der Waals surface area contributed by atoms with Gasteiger partial charge < -0.3 is 4.74 Å². The van der Waals surface area contributed by atoms with Crippen molar-refractivity contribution in [3.8, 4) is 5.75 Å². The maximum Gasteiger partial charge on any atom is 0.271 e. The first kappa shape index (κ1) is 23.6. The summed E-state index contributed by atoms with van der Waals surface area (Å²) in [5.74, 6) is 0.334. The van der Waals surface area contributed by atoms with E-state index in [1.807, 2.05) is 36.4 Å². The van der Waals surface area contributed by atoms with E-state index in [1.165, 1.54) is 30.5 Å². The number of rotatable bonds is 7. The van der Waals surface area contributed by atoms with E-state index in [0.717, 1.165) is 28.5 Å². The third kappa shape index (κ3) is 6.71. The predicted octanol–water partition coefficient (Wildman–Crippen LogP) is 5.91. The lowest BCUT2D eigenvalue weighted by atomic mass is 10.2. The third-order valence-electron chi connectivity index (χ3n) is 4.04. The van der Waals surface area contributed by atoms with Gasteiger partial charge in [0.25, 0.3) is 11.6 Å². The molecule has 0 aliphatic rings. The van der Waals surface area contributed by atoms with Gasteiger partial charge >= 0.3 is 0 Å². The fourth-order valence-electron chi connectivity index (χ4n) is 2.49. The minimum atomic E-state index is -0.519. The van der Waals surface area contributed by atoms with Crippen molar-refractivity contribution in [2.45, 2.75) is 6.61 Å². The first-order valence-electron chi connectivity index (χ1n) is 8.77. The van der Waals surface area contributed by atoms with E-state index in [4.69, 9.17) is 4.74 Å². The SMILES string of the molecule is O=C(NN=Cc1cc(I)c(OCc2ccc(Br)cc2)c(I)c1)c1ccc([N+](=O)[O-])cc1. The van der Waals surface area contributed by atoms with Crippen LogP contribution in [0.5, 0.6) is 5.75 Å². The molecule has 0 radical (unpaired) electrons. The number of nitrogens with one attached hydrogen (secondary N) is 1. The smallest absolute Gasteiger partial charge is 0.271 e. The molecule has 3 rings (SSSR count). The molecular weight excluding hydrogens is 692 g/mol. The summed E-state index contributed by atoms with van der Waals surface area (Å²) >= 11 is 7.82. The van der Waals surface area contributed by atoms with Crippen molar-refractivity contribution in [2.24, 2.45) is 5.10 Å². The zero-order chi connectivity index (χ0) is 22.4. The van der Waals surface area contributed by atoms with E-state index in [9.17, 15) is 14.9 Å². The Morgan fingerprint density at radius 3 is 2.29 bits per heavy atom. The number of amides is 1. The van der Waals surface area contributed by atoms with Gasteiger partial charge in [-0.2, -0.15) is 5.10 Å². The number of non-ortho nitro benzene ring substituents is 1. The molecule has 0 bridgehead atoms. The number of nitro benzene ring substituents is 1. The lowest BCUT2D eigenvalue weighted by Crippen LogP contribution is -2.17. The van der Waals surface area contributed by atoms with Gasteiger partial charge in [0.15, 0.2) is 0 Å². The number of carbonyl (C=O) groups is 1. The zero-order valence-electron chi connectivity index (χ0n) is 15.7. The maximum atomic E-state index is 12.1. The Balaban J connectivity index is 1.62. The number of ether oxygens (including phenoxy) is 1. The average molecular weight is 706 g/mol. The van der Waals surface area contributed by atoms with Gasteiger partial charge in [-0.25, -0.2) is 5.43 Å². The molecule has 1 amide bonds. The molecule has 1 N–H and O–H groups in total. The summed E-state index contributed by atoms with van der Waals surface area (Å²) in [4.78, 5) is 22.3. The molecule has 0 aliphatic carbocycles. The first-order chi connectivity index (χ1) is 14.8. The van der Waals surface area contributed by atoms with E-state index < -0.39 is 10.8 Å². The summed E-state index contributed by atoms with van der Waals surface area (Å²) in [6.07, 6.45) is 1.53. The number of hydrazone groups is 1. The number of hydrogen-bond donors (Lipinski definition) is 1. The van der Waals surface area contributed by atoms with Crippen molar-refractivity contribution in [3.63, 3.8) is 0 Å². The zero-order valence-corrected chi connectivity index (χ0v) is 21.6. The topological polar surface area (TPSA) is 93.8 Å². The number of benzene rings is 3. The van der Waals surface area contributed by atoms with E-state index in [0.29, 0.717) is 6.61 Å². The molecule has 0 aliphatic heterocycles. The van der Waals surface area contributed by atoms with Crippen LogP contribution in [0.15, 0.2) is 70.2 Å². The van der Waals surface area contributed by atoms with Gasteiger partial charge in [0.1, 0.15) is 12.4 Å². The predicted molar refractivity (Wildman–Crippen MR) is 139 cm³/mol. The number of hydrogen-bond acceptors (Lipinski definition) is 5. The van der Waals surface area contributed by atoms with Gasteiger partial charge in [-0.3, -0.25) is 14.9 Å². The van der Waals surface area contributed by atoms with E-state index in [2.05, 4.69) is 71.6 Å². The lowest BCUT2D eigenvalue weighted by Gasteiger charge is -2.11. The Morgan fingerprint density at radius 1 is 1.10 bits per heavy atom. The summed E-state index contributed by atoms with van der Waals surface area (Å²) in [7, 11) is 0. The quantitative estimate of drug-likeness (QED) is 0.143. The molecule has 10 heteroatoms. The van der Waals surface area contributed by atoms with Gasteiger partial charge in [0.2, 0.25) is 0 Å². The largest absolute Gasteiger partial charge is 0.487 e. The molecule has 3 aromatic rings. The molecule has 158 valence electrons. The number of nitro groups is 1. The molecule has 31 heavy (non-hydrogen) atoms. The van der Waals surface area contributed by atoms with E-state index >= 15 is 0 Å². The highest BCUT2D eigenvalue weighted by Crippen LogP contribution is 2.29. The normalized spacial score (nSPS) is 10.8. The van der Waals surface area contributed by atoms with E-state index in [1.54, 1.807) is 0 Å². The van der Waals surface area contributed by atoms with Crippen LogP contribution >= 0.6 is 61.1 Å². The maximum absolute atomic E-state index is 12.1. The highest BCUT2D eigenvalue weighted by atomic mass is 127. The van der Waals surface area contributed by atoms with Crippen LogP contribution in [-0.2, 0) is 6.61 Å². The monoisotopic (exact) mass is 705 g/mol. The van der Waals surface area contributed by atoms with Crippen LogP contribution in [0.3, 0.4) is 0 Å². The van der Waals surface area contributed by atoms with Crippen LogP contribution < -0.4 is 10.2 Å². The second-order valence-electron chi connectivity index (χ2n) is 6.23. The minimum absolute atomic E-state index is 0.0772. The Labute approximate surface area is 213 Å². The fourth-order valence-corrected chi connectivity index (χ4v) is 4.88. The van der Waals surface area contributed by atoms with Gasteiger partial charge in [-0.05, 0) is 92.7 Å². The highest BCUT2D eigenvalue weighted by molar-refractivity contribution is 14.1. The van der Waals surface area contributed by atoms with Gasteiger partial charge in [0, 0.05) is 22.2 Å². The van der Waals surface area contributed by atoms with Gasteiger partial charge in [-0.15, -0.1) is 0 Å². The van der Waals surface area contributed by atoms with Crippen LogP contribution in [0.2, 0.25) is 0 Å². The van der Waals surface area contributed by atoms with Crippen molar-refractivity contribution < 1.29 is 14.5 Å². The molecule has 0 spiro atoms. The molecular formula is C21H14BrI2N3O4. The summed E-state index contributed by atoms with van der Waals surface area (Å²) in [5, 5.41) is 14.7. The number of carbonyl (C=O) groups excluding carboxylic acids is 1. The minimum Gasteiger partial charge on any atom is -0.487 e. The summed E-state index contributed by atoms with van der Waals surface area (Å²) < 4.78 is 8.84. The molecule has 0 fully saturated rings. The number of halogens is 3. The molecule has 0 aromatic heterocycles. The van der Waals surface area contributed by atoms with Crippen LogP contribution in [-0.4, -0.2) is 17.0 Å². The van der Waals surface area contributed by atoms with Crippen LogP contribution in [0, 0.1) is 17.3 Å². The molecule has 3 aromatic carbocycles. The number of nitrogens with zero attached hydrogens (tertiary/aromatic N) is 2. The Bertz CT molecular complexity index is 1110. The lowest BCUT2D eigenvalue weighted by molar-refractivity contribution is -0.384. The summed E-state index contributed by atoms with van der Waals surface area (Å²) in [6, 6.07) is 17.1. The van der Waals surface area contributed by atoms with Crippen LogP contribution in [0.25, 0.3) is 0 Å². The Kier molecular flexibility index (Phi) is 8.37. The van der Waals surface area contributed by atoms with Gasteiger partial charge in [-0.1, -0.05) is 28.1 Å². The third-order valence-corrected chi connectivity index (χ3v) is 6.17. The standard InChI is InChI=1S/C21H14BrI2N3O4/c22-16-5-1-13(2-6-16)12-31-20-18(23)9-14(10-19(20)24)11-25-26-21(28)15-3-7-17(8-4-15)27(29)30/h1-11H,12H2,(H,26,28). The second kappa shape index (κ2) is 11.0. The Hall–Kier alpha value is -2.06. The molecule has 0 heterocycles. The van der Waals surface area contributed by atoms with Crippen molar-refractivity contribution in [1.82, 2.24) is 5.43 Å². The van der Waals surface area contributed by atoms with Crippen LogP contribution in [0.1, 0.15) is 21.5 Å². The first-order valence-corrected chi connectivity index (χ1v) is 11.7. The van der Waals surface area contributed by atoms with Crippen molar-refractivity contribution in [3.05, 3.63) is 99.1 Å². The molecule has 7 nitrogen and oxygen atoms in total. The van der Waals surface area contributed by atoms with Crippen molar-refractivity contribution >= 4 is 78.9 Å².